The van der Waals surface area contributed by atoms with Gasteiger partial charge in [0.2, 0.25) is 5.89 Å². The molecule has 2 rings (SSSR count). The van der Waals surface area contributed by atoms with Gasteiger partial charge < -0.3 is 9.52 Å². The van der Waals surface area contributed by atoms with E-state index in [0.717, 1.165) is 0 Å². The predicted molar refractivity (Wildman–Crippen MR) is 52.9 cm³/mol. The normalized spacial score (nSPS) is 10.8. The molecule has 0 aliphatic heterocycles. The molecule has 0 unspecified atom stereocenters. The second kappa shape index (κ2) is 3.51. The highest BCUT2D eigenvalue weighted by atomic mass is 35.5. The third-order valence-corrected chi connectivity index (χ3v) is 2.07. The number of rotatable bonds is 2. The molecule has 5 nitrogen and oxygen atoms in total. The Morgan fingerprint density at radius 2 is 2.33 bits per heavy atom. The van der Waals surface area contributed by atoms with Crippen LogP contribution < -0.4 is 0 Å². The summed E-state index contributed by atoms with van der Waals surface area (Å²) in [5.41, 5.74) is 1.56. The Hall–Kier alpha value is -1.62. The number of carboxylic acids is 1. The van der Waals surface area contributed by atoms with Gasteiger partial charge >= 0.3 is 5.97 Å². The summed E-state index contributed by atoms with van der Waals surface area (Å²) in [6, 6.07) is 1.67. The molecule has 2 heterocycles. The van der Waals surface area contributed by atoms with Gasteiger partial charge in [0.1, 0.15) is 11.9 Å². The van der Waals surface area contributed by atoms with E-state index in [1.807, 2.05) is 0 Å². The number of carbonyl (C=O) groups is 1. The number of aryl methyl sites for hydroxylation is 1. The SMILES string of the molecule is Cc1cc2oc(CC(=O)O)nc2c(Cl)n1. The molecular formula is C9H7ClN2O3. The summed E-state index contributed by atoms with van der Waals surface area (Å²) in [6.45, 7) is 1.77. The third kappa shape index (κ3) is 1.92. The maximum absolute atomic E-state index is 10.4. The number of hydrogen-bond donors (Lipinski definition) is 1. The Kier molecular flexibility index (Phi) is 2.32. The van der Waals surface area contributed by atoms with E-state index in [-0.39, 0.29) is 17.5 Å². The molecule has 0 amide bonds. The molecule has 6 heteroatoms. The van der Waals surface area contributed by atoms with Gasteiger partial charge in [0.25, 0.3) is 0 Å². The predicted octanol–water partition coefficient (Wildman–Crippen LogP) is 1.81. The van der Waals surface area contributed by atoms with E-state index in [2.05, 4.69) is 9.97 Å². The maximum atomic E-state index is 10.4. The van der Waals surface area contributed by atoms with Crippen LogP contribution in [0, 0.1) is 6.92 Å². The lowest BCUT2D eigenvalue weighted by Gasteiger charge is -1.92. The molecule has 0 atom stereocenters. The number of halogens is 1. The summed E-state index contributed by atoms with van der Waals surface area (Å²) >= 11 is 5.83. The van der Waals surface area contributed by atoms with E-state index in [1.54, 1.807) is 13.0 Å². The summed E-state index contributed by atoms with van der Waals surface area (Å²) in [5.74, 6) is -0.867. The molecule has 15 heavy (non-hydrogen) atoms. The molecule has 2 aromatic heterocycles. The number of aromatic nitrogens is 2. The molecule has 2 aromatic rings. The van der Waals surface area contributed by atoms with Gasteiger partial charge in [-0.15, -0.1) is 0 Å². The van der Waals surface area contributed by atoms with Crippen LogP contribution in [0.25, 0.3) is 11.1 Å². The third-order valence-electron chi connectivity index (χ3n) is 1.81. The van der Waals surface area contributed by atoms with Crippen LogP contribution in [0.3, 0.4) is 0 Å². The largest absolute Gasteiger partial charge is 0.481 e. The number of oxazole rings is 1. The summed E-state index contributed by atoms with van der Waals surface area (Å²) in [7, 11) is 0. The maximum Gasteiger partial charge on any atom is 0.312 e. The van der Waals surface area contributed by atoms with Gasteiger partial charge in [0, 0.05) is 11.8 Å². The van der Waals surface area contributed by atoms with E-state index < -0.39 is 5.97 Å². The average Bonchev–Trinajstić information content (AvgIpc) is 2.45. The van der Waals surface area contributed by atoms with Crippen LogP contribution in [0.5, 0.6) is 0 Å². The van der Waals surface area contributed by atoms with Crippen LogP contribution in [0.2, 0.25) is 5.15 Å². The fraction of sp³-hybridized carbons (Fsp3) is 0.222. The van der Waals surface area contributed by atoms with Gasteiger partial charge in [-0.3, -0.25) is 4.79 Å². The second-order valence-corrected chi connectivity index (χ2v) is 3.44. The Morgan fingerprint density at radius 1 is 1.60 bits per heavy atom. The molecule has 0 aliphatic carbocycles. The molecule has 0 bridgehead atoms. The van der Waals surface area contributed by atoms with E-state index in [0.29, 0.717) is 16.8 Å². The summed E-state index contributed by atoms with van der Waals surface area (Å²) in [5, 5.41) is 8.79. The number of nitrogens with zero attached hydrogens (tertiary/aromatic N) is 2. The average molecular weight is 227 g/mol. The lowest BCUT2D eigenvalue weighted by Crippen LogP contribution is -1.99. The van der Waals surface area contributed by atoms with Crippen LogP contribution in [0.15, 0.2) is 10.5 Å². The quantitative estimate of drug-likeness (QED) is 0.791. The first kappa shape index (κ1) is 9.92. The topological polar surface area (TPSA) is 76.2 Å². The van der Waals surface area contributed by atoms with Gasteiger partial charge in [0.15, 0.2) is 10.7 Å². The number of pyridine rings is 1. The highest BCUT2D eigenvalue weighted by molar-refractivity contribution is 6.33. The van der Waals surface area contributed by atoms with Crippen molar-refractivity contribution < 1.29 is 14.3 Å². The smallest absolute Gasteiger partial charge is 0.312 e. The molecular weight excluding hydrogens is 220 g/mol. The molecule has 0 aliphatic rings. The lowest BCUT2D eigenvalue weighted by atomic mass is 10.3. The highest BCUT2D eigenvalue weighted by Crippen LogP contribution is 2.22. The number of hydrogen-bond acceptors (Lipinski definition) is 4. The van der Waals surface area contributed by atoms with E-state index >= 15 is 0 Å². The zero-order chi connectivity index (χ0) is 11.0. The lowest BCUT2D eigenvalue weighted by molar-refractivity contribution is -0.136. The number of fused-ring (bicyclic) bond motifs is 1. The van der Waals surface area contributed by atoms with E-state index in [4.69, 9.17) is 21.1 Å². The van der Waals surface area contributed by atoms with Crippen molar-refractivity contribution >= 4 is 28.7 Å². The number of carboxylic acid groups (broad SMARTS) is 1. The zero-order valence-electron chi connectivity index (χ0n) is 7.82. The van der Waals surface area contributed by atoms with Crippen molar-refractivity contribution in [3.05, 3.63) is 22.8 Å². The fourth-order valence-corrected chi connectivity index (χ4v) is 1.53. The summed E-state index contributed by atoms with van der Waals surface area (Å²) < 4.78 is 5.22. The fourth-order valence-electron chi connectivity index (χ4n) is 1.26. The van der Waals surface area contributed by atoms with Crippen LogP contribution >= 0.6 is 11.6 Å². The molecule has 0 radical (unpaired) electrons. The monoisotopic (exact) mass is 226 g/mol. The van der Waals surface area contributed by atoms with Gasteiger partial charge in [-0.1, -0.05) is 11.6 Å². The minimum atomic E-state index is -0.998. The Labute approximate surface area is 89.7 Å². The van der Waals surface area contributed by atoms with E-state index in [1.165, 1.54) is 0 Å². The first-order valence-corrected chi connectivity index (χ1v) is 4.58. The van der Waals surface area contributed by atoms with Gasteiger partial charge in [0.05, 0.1) is 0 Å². The Morgan fingerprint density at radius 3 is 3.00 bits per heavy atom. The first-order valence-electron chi connectivity index (χ1n) is 4.20. The van der Waals surface area contributed by atoms with Crippen molar-refractivity contribution in [2.75, 3.05) is 0 Å². The second-order valence-electron chi connectivity index (χ2n) is 3.08. The highest BCUT2D eigenvalue weighted by Gasteiger charge is 2.12. The van der Waals surface area contributed by atoms with Crippen molar-refractivity contribution in [1.29, 1.82) is 0 Å². The molecule has 0 aromatic carbocycles. The van der Waals surface area contributed by atoms with Crippen molar-refractivity contribution in [3.8, 4) is 0 Å². The van der Waals surface area contributed by atoms with Crippen LogP contribution in [0.4, 0.5) is 0 Å². The standard InChI is InChI=1S/C9H7ClN2O3/c1-4-2-5-8(9(10)11-4)12-6(15-5)3-7(13)14/h2H,3H2,1H3,(H,13,14). The van der Waals surface area contributed by atoms with E-state index in [9.17, 15) is 4.79 Å². The molecule has 0 spiro atoms. The first-order chi connectivity index (χ1) is 7.06. The van der Waals surface area contributed by atoms with Gasteiger partial charge in [-0.05, 0) is 6.92 Å². The molecule has 0 saturated heterocycles. The summed E-state index contributed by atoms with van der Waals surface area (Å²) in [6.07, 6.45) is -0.260. The van der Waals surface area contributed by atoms with Crippen molar-refractivity contribution in [1.82, 2.24) is 9.97 Å². The number of aliphatic carboxylic acids is 1. The zero-order valence-corrected chi connectivity index (χ0v) is 8.58. The molecule has 78 valence electrons. The van der Waals surface area contributed by atoms with Crippen LogP contribution in [-0.4, -0.2) is 21.0 Å². The van der Waals surface area contributed by atoms with Crippen LogP contribution in [0.1, 0.15) is 11.6 Å². The minimum Gasteiger partial charge on any atom is -0.481 e. The van der Waals surface area contributed by atoms with Crippen molar-refractivity contribution in [2.24, 2.45) is 0 Å². The molecule has 0 saturated carbocycles. The van der Waals surface area contributed by atoms with Gasteiger partial charge in [-0.25, -0.2) is 9.97 Å². The van der Waals surface area contributed by atoms with Gasteiger partial charge in [-0.2, -0.15) is 0 Å². The minimum absolute atomic E-state index is 0.131. The summed E-state index contributed by atoms with van der Waals surface area (Å²) in [4.78, 5) is 18.4. The Bertz CT molecular complexity index is 535. The van der Waals surface area contributed by atoms with Crippen molar-refractivity contribution in [3.63, 3.8) is 0 Å². The van der Waals surface area contributed by atoms with Crippen LogP contribution in [-0.2, 0) is 11.2 Å². The Balaban J connectivity index is 2.55. The molecule has 1 N–H and O–H groups in total. The molecule has 0 fully saturated rings. The van der Waals surface area contributed by atoms with Crippen molar-refractivity contribution in [2.45, 2.75) is 13.3 Å².